The summed E-state index contributed by atoms with van der Waals surface area (Å²) in [6, 6.07) is 10.3. The van der Waals surface area contributed by atoms with Crippen LogP contribution in [0.1, 0.15) is 24.1 Å². The standard InChI is InChI=1S/C24H28N6/c1-17-7-5-9-21(13-17)27-19(3)20-8-6-12-30(15-20)24-28-23(14-18(2)29(24)4)22-10-11-25-16-26-22/h5,7,9-11,13-14,16,20,27H,2-3,6,8,12,15H2,1,4H3. The number of aryl methyl sites for hydroxylation is 1. The highest BCUT2D eigenvalue weighted by Crippen LogP contribution is 2.28. The van der Waals surface area contributed by atoms with Crippen LogP contribution in [-0.2, 0) is 0 Å². The topological polar surface area (TPSA) is 56.6 Å². The number of guanidine groups is 1. The van der Waals surface area contributed by atoms with E-state index in [0.717, 1.165) is 60.4 Å². The maximum absolute atomic E-state index is 4.92. The molecule has 4 rings (SSSR count). The van der Waals surface area contributed by atoms with E-state index in [-0.39, 0.29) is 0 Å². The normalized spacial score (nSPS) is 19.3. The van der Waals surface area contributed by atoms with Gasteiger partial charge in [-0.05, 0) is 49.6 Å². The van der Waals surface area contributed by atoms with Gasteiger partial charge in [0.05, 0.1) is 11.4 Å². The van der Waals surface area contributed by atoms with Crippen LogP contribution < -0.4 is 5.32 Å². The van der Waals surface area contributed by atoms with Crippen molar-refractivity contribution in [1.82, 2.24) is 19.8 Å². The fourth-order valence-corrected chi connectivity index (χ4v) is 3.91. The second kappa shape index (κ2) is 8.53. The molecule has 30 heavy (non-hydrogen) atoms. The van der Waals surface area contributed by atoms with Crippen LogP contribution in [0.25, 0.3) is 5.70 Å². The summed E-state index contributed by atoms with van der Waals surface area (Å²) in [5.74, 6) is 1.25. The molecule has 3 heterocycles. The monoisotopic (exact) mass is 400 g/mol. The minimum atomic E-state index is 0.344. The Balaban J connectivity index is 1.51. The number of nitrogens with one attached hydrogen (secondary N) is 1. The lowest BCUT2D eigenvalue weighted by Gasteiger charge is -2.40. The summed E-state index contributed by atoms with van der Waals surface area (Å²) in [5, 5.41) is 3.51. The summed E-state index contributed by atoms with van der Waals surface area (Å²) in [5.41, 5.74) is 5.89. The van der Waals surface area contributed by atoms with Crippen LogP contribution in [0.2, 0.25) is 0 Å². The van der Waals surface area contributed by atoms with Crippen molar-refractivity contribution >= 4 is 17.3 Å². The SMILES string of the molecule is C=C(Nc1cccc(C)c1)C1CCCN(C2=NC(c3ccncn3)=CC(=C)N2C)C1. The number of piperidine rings is 1. The molecule has 6 nitrogen and oxygen atoms in total. The van der Waals surface area contributed by atoms with Crippen molar-refractivity contribution in [2.45, 2.75) is 19.8 Å². The first-order valence-corrected chi connectivity index (χ1v) is 10.3. The molecule has 1 saturated heterocycles. The number of benzene rings is 1. The van der Waals surface area contributed by atoms with E-state index in [1.807, 2.05) is 24.1 Å². The number of aliphatic imine (C=N–C) groups is 1. The zero-order valence-corrected chi connectivity index (χ0v) is 17.7. The van der Waals surface area contributed by atoms with Gasteiger partial charge in [-0.3, -0.25) is 0 Å². The molecule has 0 saturated carbocycles. The Morgan fingerprint density at radius 1 is 1.27 bits per heavy atom. The molecular formula is C24H28N6. The number of hydrogen-bond donors (Lipinski definition) is 1. The van der Waals surface area contributed by atoms with Crippen LogP contribution in [0.3, 0.4) is 0 Å². The highest BCUT2D eigenvalue weighted by Gasteiger charge is 2.28. The largest absolute Gasteiger partial charge is 0.359 e. The molecule has 6 heteroatoms. The molecule has 1 aromatic heterocycles. The van der Waals surface area contributed by atoms with Crippen molar-refractivity contribution < 1.29 is 0 Å². The lowest BCUT2D eigenvalue weighted by Crippen LogP contribution is -2.48. The van der Waals surface area contributed by atoms with Crippen LogP contribution in [0, 0.1) is 12.8 Å². The fourth-order valence-electron chi connectivity index (χ4n) is 3.91. The van der Waals surface area contributed by atoms with Crippen molar-refractivity contribution in [2.24, 2.45) is 10.9 Å². The second-order valence-electron chi connectivity index (χ2n) is 7.89. The molecule has 0 bridgehead atoms. The molecule has 0 spiro atoms. The molecular weight excluding hydrogens is 372 g/mol. The zero-order chi connectivity index (χ0) is 21.1. The first-order valence-electron chi connectivity index (χ1n) is 10.3. The summed E-state index contributed by atoms with van der Waals surface area (Å²) in [4.78, 5) is 17.7. The van der Waals surface area contributed by atoms with Gasteiger partial charge in [0.2, 0.25) is 5.96 Å². The molecule has 1 aromatic carbocycles. The molecule has 0 aliphatic carbocycles. The Bertz CT molecular complexity index is 1010. The van der Waals surface area contributed by atoms with Gasteiger partial charge < -0.3 is 15.1 Å². The number of anilines is 1. The Morgan fingerprint density at radius 2 is 2.13 bits per heavy atom. The van der Waals surface area contributed by atoms with E-state index in [2.05, 4.69) is 64.5 Å². The molecule has 2 aliphatic rings. The molecule has 0 radical (unpaired) electrons. The number of likely N-dealkylation sites (tertiary alicyclic amines) is 1. The predicted molar refractivity (Wildman–Crippen MR) is 123 cm³/mol. The average molecular weight is 401 g/mol. The molecule has 1 fully saturated rings. The highest BCUT2D eigenvalue weighted by atomic mass is 15.4. The van der Waals surface area contributed by atoms with Crippen molar-refractivity contribution in [3.8, 4) is 0 Å². The first-order chi connectivity index (χ1) is 14.5. The van der Waals surface area contributed by atoms with Gasteiger partial charge in [0, 0.05) is 49.3 Å². The molecule has 2 aromatic rings. The Morgan fingerprint density at radius 3 is 2.90 bits per heavy atom. The van der Waals surface area contributed by atoms with E-state index in [1.165, 1.54) is 5.56 Å². The van der Waals surface area contributed by atoms with E-state index in [9.17, 15) is 0 Å². The maximum Gasteiger partial charge on any atom is 0.206 e. The summed E-state index contributed by atoms with van der Waals surface area (Å²) in [7, 11) is 2.01. The van der Waals surface area contributed by atoms with Crippen LogP contribution in [0.4, 0.5) is 5.69 Å². The van der Waals surface area contributed by atoms with Crippen LogP contribution in [0.5, 0.6) is 0 Å². The van der Waals surface area contributed by atoms with Gasteiger partial charge in [-0.1, -0.05) is 25.3 Å². The van der Waals surface area contributed by atoms with Crippen molar-refractivity contribution in [2.75, 3.05) is 25.5 Å². The summed E-state index contributed by atoms with van der Waals surface area (Å²) in [6.45, 7) is 12.5. The van der Waals surface area contributed by atoms with E-state index in [0.29, 0.717) is 5.92 Å². The van der Waals surface area contributed by atoms with Gasteiger partial charge in [0.15, 0.2) is 0 Å². The van der Waals surface area contributed by atoms with Crippen molar-refractivity contribution in [3.63, 3.8) is 0 Å². The third-order valence-corrected chi connectivity index (χ3v) is 5.62. The van der Waals surface area contributed by atoms with E-state index in [1.54, 1.807) is 12.5 Å². The first kappa shape index (κ1) is 19.9. The number of rotatable bonds is 4. The van der Waals surface area contributed by atoms with Crippen LogP contribution >= 0.6 is 0 Å². The van der Waals surface area contributed by atoms with Gasteiger partial charge in [0.1, 0.15) is 6.33 Å². The molecule has 1 atom stereocenters. The van der Waals surface area contributed by atoms with Crippen molar-refractivity contribution in [3.05, 3.63) is 84.7 Å². The average Bonchev–Trinajstić information content (AvgIpc) is 2.76. The van der Waals surface area contributed by atoms with Gasteiger partial charge in [0.25, 0.3) is 0 Å². The summed E-state index contributed by atoms with van der Waals surface area (Å²) >= 11 is 0. The van der Waals surface area contributed by atoms with Crippen molar-refractivity contribution in [1.29, 1.82) is 0 Å². The molecule has 0 amide bonds. The maximum atomic E-state index is 4.92. The summed E-state index contributed by atoms with van der Waals surface area (Å²) < 4.78 is 0. The molecule has 154 valence electrons. The lowest BCUT2D eigenvalue weighted by molar-refractivity contribution is 0.264. The predicted octanol–water partition coefficient (Wildman–Crippen LogP) is 4.28. The fraction of sp³-hybridized carbons (Fsp3) is 0.292. The minimum absolute atomic E-state index is 0.344. The number of hydrogen-bond acceptors (Lipinski definition) is 6. The number of nitrogens with zero attached hydrogens (tertiary/aromatic N) is 5. The highest BCUT2D eigenvalue weighted by molar-refractivity contribution is 5.90. The molecule has 1 unspecified atom stereocenters. The van der Waals surface area contributed by atoms with Crippen LogP contribution in [-0.4, -0.2) is 45.9 Å². The van der Waals surface area contributed by atoms with Gasteiger partial charge in [-0.15, -0.1) is 0 Å². The smallest absolute Gasteiger partial charge is 0.206 e. The van der Waals surface area contributed by atoms with E-state index >= 15 is 0 Å². The van der Waals surface area contributed by atoms with Gasteiger partial charge >= 0.3 is 0 Å². The zero-order valence-electron chi connectivity index (χ0n) is 17.7. The quantitative estimate of drug-likeness (QED) is 0.830. The lowest BCUT2D eigenvalue weighted by atomic mass is 9.95. The minimum Gasteiger partial charge on any atom is -0.359 e. The second-order valence-corrected chi connectivity index (χ2v) is 7.89. The molecule has 1 N–H and O–H groups in total. The third-order valence-electron chi connectivity index (χ3n) is 5.62. The Hall–Kier alpha value is -3.41. The van der Waals surface area contributed by atoms with Gasteiger partial charge in [-0.25, -0.2) is 15.0 Å². The van der Waals surface area contributed by atoms with Gasteiger partial charge in [-0.2, -0.15) is 0 Å². The Kier molecular flexibility index (Phi) is 5.65. The number of aromatic nitrogens is 2. The van der Waals surface area contributed by atoms with Crippen LogP contribution in [0.15, 0.2) is 78.5 Å². The summed E-state index contributed by atoms with van der Waals surface area (Å²) in [6.07, 6.45) is 7.44. The Labute approximate surface area is 178 Å². The molecule has 2 aliphatic heterocycles. The third kappa shape index (κ3) is 4.27. The van der Waals surface area contributed by atoms with E-state index < -0.39 is 0 Å². The van der Waals surface area contributed by atoms with E-state index in [4.69, 9.17) is 4.99 Å². The number of likely N-dealkylation sites (N-methyl/N-ethyl adjacent to an activating group) is 1. The number of allylic oxidation sites excluding steroid dienone is 1.